The summed E-state index contributed by atoms with van der Waals surface area (Å²) in [5.74, 6) is 0. The Balaban J connectivity index is 1.52. The van der Waals surface area contributed by atoms with E-state index in [-0.39, 0.29) is 12.1 Å². The van der Waals surface area contributed by atoms with Crippen molar-refractivity contribution in [3.8, 4) is 11.1 Å². The molecule has 1 aliphatic carbocycles. The smallest absolute Gasteiger partial charge is 0.104 e. The second-order valence-electron chi connectivity index (χ2n) is 5.85. The predicted octanol–water partition coefficient (Wildman–Crippen LogP) is 2.67. The summed E-state index contributed by atoms with van der Waals surface area (Å²) < 4.78 is 10.8. The van der Waals surface area contributed by atoms with Crippen LogP contribution in [0, 0.1) is 0 Å². The molecule has 0 radical (unpaired) electrons. The van der Waals surface area contributed by atoms with Crippen LogP contribution >= 0.6 is 0 Å². The fraction of sp³-hybridized carbons (Fsp3) is 0.333. The van der Waals surface area contributed by atoms with Crippen molar-refractivity contribution in [3.63, 3.8) is 0 Å². The maximum atomic E-state index is 6.26. The van der Waals surface area contributed by atoms with Crippen LogP contribution in [0.5, 0.6) is 0 Å². The molecule has 1 fully saturated rings. The highest BCUT2D eigenvalue weighted by Gasteiger charge is 2.22. The molecule has 1 unspecified atom stereocenters. The molecule has 2 aromatic carbocycles. The van der Waals surface area contributed by atoms with Gasteiger partial charge in [0.2, 0.25) is 0 Å². The van der Waals surface area contributed by atoms with Gasteiger partial charge in [0.1, 0.15) is 6.10 Å². The van der Waals surface area contributed by atoms with E-state index in [0.717, 1.165) is 12.0 Å². The van der Waals surface area contributed by atoms with Gasteiger partial charge in [0, 0.05) is 0 Å². The minimum atomic E-state index is -0.0698. The molecule has 4 rings (SSSR count). The van der Waals surface area contributed by atoms with E-state index in [1.54, 1.807) is 0 Å². The van der Waals surface area contributed by atoms with E-state index in [1.807, 2.05) is 0 Å². The molecular weight excluding hydrogens is 262 g/mol. The Kier molecular flexibility index (Phi) is 3.26. The van der Waals surface area contributed by atoms with E-state index in [9.17, 15) is 0 Å². The minimum Gasteiger partial charge on any atom is -0.376 e. The van der Waals surface area contributed by atoms with Gasteiger partial charge >= 0.3 is 0 Å². The van der Waals surface area contributed by atoms with Crippen LogP contribution in [-0.2, 0) is 15.9 Å². The standard InChI is InChI=1S/C18H19NO2/c19-18(11-21-15-9-20-10-15)13-5-6-17-14(8-13)7-12-3-1-2-4-16(12)17/h1-6,8,15,18H,7,9-11,19H2. The molecule has 0 spiro atoms. The second-order valence-corrected chi connectivity index (χ2v) is 5.85. The molecule has 0 bridgehead atoms. The quantitative estimate of drug-likeness (QED) is 0.799. The molecule has 2 N–H and O–H groups in total. The van der Waals surface area contributed by atoms with Crippen LogP contribution in [0.4, 0.5) is 0 Å². The van der Waals surface area contributed by atoms with Gasteiger partial charge < -0.3 is 15.2 Å². The zero-order valence-electron chi connectivity index (χ0n) is 11.9. The molecule has 21 heavy (non-hydrogen) atoms. The summed E-state index contributed by atoms with van der Waals surface area (Å²) in [5, 5.41) is 0. The third-order valence-electron chi connectivity index (χ3n) is 4.36. The van der Waals surface area contributed by atoms with Gasteiger partial charge in [0.05, 0.1) is 25.9 Å². The lowest BCUT2D eigenvalue weighted by molar-refractivity contribution is -0.131. The molecule has 3 heteroatoms. The molecule has 0 aromatic heterocycles. The van der Waals surface area contributed by atoms with Gasteiger partial charge in [-0.3, -0.25) is 0 Å². The molecule has 2 aromatic rings. The van der Waals surface area contributed by atoms with Crippen molar-refractivity contribution in [2.24, 2.45) is 5.73 Å². The maximum absolute atomic E-state index is 6.26. The van der Waals surface area contributed by atoms with Crippen LogP contribution in [0.15, 0.2) is 42.5 Å². The molecule has 0 amide bonds. The van der Waals surface area contributed by atoms with Gasteiger partial charge in [-0.2, -0.15) is 0 Å². The Morgan fingerprint density at radius 1 is 1.10 bits per heavy atom. The first-order chi connectivity index (χ1) is 10.3. The monoisotopic (exact) mass is 281 g/mol. The summed E-state index contributed by atoms with van der Waals surface area (Å²) >= 11 is 0. The lowest BCUT2D eigenvalue weighted by Crippen LogP contribution is -2.37. The van der Waals surface area contributed by atoms with Crippen molar-refractivity contribution in [2.45, 2.75) is 18.6 Å². The van der Waals surface area contributed by atoms with E-state index in [1.165, 1.54) is 22.3 Å². The number of rotatable bonds is 4. The largest absolute Gasteiger partial charge is 0.376 e. The Morgan fingerprint density at radius 2 is 1.90 bits per heavy atom. The van der Waals surface area contributed by atoms with Gasteiger partial charge in [-0.1, -0.05) is 42.5 Å². The molecule has 1 saturated heterocycles. The molecule has 1 atom stereocenters. The summed E-state index contributed by atoms with van der Waals surface area (Å²) in [6.07, 6.45) is 1.23. The number of hydrogen-bond acceptors (Lipinski definition) is 3. The van der Waals surface area contributed by atoms with Crippen molar-refractivity contribution >= 4 is 0 Å². The van der Waals surface area contributed by atoms with Gasteiger partial charge in [0.15, 0.2) is 0 Å². The summed E-state index contributed by atoms with van der Waals surface area (Å²) in [7, 11) is 0. The van der Waals surface area contributed by atoms with Crippen molar-refractivity contribution in [1.29, 1.82) is 0 Å². The van der Waals surface area contributed by atoms with E-state index in [4.69, 9.17) is 15.2 Å². The fourth-order valence-corrected chi connectivity index (χ4v) is 3.04. The van der Waals surface area contributed by atoms with Crippen LogP contribution in [-0.4, -0.2) is 25.9 Å². The zero-order chi connectivity index (χ0) is 14.2. The second kappa shape index (κ2) is 5.26. The topological polar surface area (TPSA) is 44.5 Å². The number of hydrogen-bond donors (Lipinski definition) is 1. The summed E-state index contributed by atoms with van der Waals surface area (Å²) in [6, 6.07) is 15.1. The third-order valence-corrected chi connectivity index (χ3v) is 4.36. The van der Waals surface area contributed by atoms with Crippen LogP contribution in [0.1, 0.15) is 22.7 Å². The van der Waals surface area contributed by atoms with Crippen molar-refractivity contribution in [1.82, 2.24) is 0 Å². The van der Waals surface area contributed by atoms with Gasteiger partial charge in [-0.15, -0.1) is 0 Å². The van der Waals surface area contributed by atoms with Crippen LogP contribution < -0.4 is 5.73 Å². The SMILES string of the molecule is NC(COC1COC1)c1ccc2c(c1)Cc1ccccc1-2. The highest BCUT2D eigenvalue weighted by Crippen LogP contribution is 2.37. The Labute approximate surface area is 124 Å². The first-order valence-corrected chi connectivity index (χ1v) is 7.47. The Morgan fingerprint density at radius 3 is 2.71 bits per heavy atom. The summed E-state index contributed by atoms with van der Waals surface area (Å²) in [4.78, 5) is 0. The maximum Gasteiger partial charge on any atom is 0.104 e. The average Bonchev–Trinajstić information content (AvgIpc) is 2.83. The van der Waals surface area contributed by atoms with Gasteiger partial charge in [-0.05, 0) is 34.2 Å². The number of nitrogens with two attached hydrogens (primary N) is 1. The van der Waals surface area contributed by atoms with E-state index in [0.29, 0.717) is 19.8 Å². The highest BCUT2D eigenvalue weighted by molar-refractivity contribution is 5.76. The average molecular weight is 281 g/mol. The number of fused-ring (bicyclic) bond motifs is 3. The summed E-state index contributed by atoms with van der Waals surface area (Å²) in [5.41, 5.74) is 12.9. The molecule has 3 nitrogen and oxygen atoms in total. The van der Waals surface area contributed by atoms with E-state index >= 15 is 0 Å². The van der Waals surface area contributed by atoms with Crippen molar-refractivity contribution in [3.05, 3.63) is 59.2 Å². The molecule has 0 saturated carbocycles. The van der Waals surface area contributed by atoms with Gasteiger partial charge in [0.25, 0.3) is 0 Å². The molecule has 108 valence electrons. The Bertz CT molecular complexity index is 664. The number of benzene rings is 2. The lowest BCUT2D eigenvalue weighted by Gasteiger charge is -2.27. The van der Waals surface area contributed by atoms with Crippen LogP contribution in [0.2, 0.25) is 0 Å². The number of ether oxygens (including phenoxy) is 2. The zero-order valence-corrected chi connectivity index (χ0v) is 11.9. The van der Waals surface area contributed by atoms with Gasteiger partial charge in [-0.25, -0.2) is 0 Å². The predicted molar refractivity (Wildman–Crippen MR) is 82.2 cm³/mol. The first-order valence-electron chi connectivity index (χ1n) is 7.47. The van der Waals surface area contributed by atoms with Crippen LogP contribution in [0.3, 0.4) is 0 Å². The lowest BCUT2D eigenvalue weighted by atomic mass is 10.0. The first kappa shape index (κ1) is 13.0. The van der Waals surface area contributed by atoms with Crippen molar-refractivity contribution < 1.29 is 9.47 Å². The van der Waals surface area contributed by atoms with Crippen LogP contribution in [0.25, 0.3) is 11.1 Å². The minimum absolute atomic E-state index is 0.0698. The third kappa shape index (κ3) is 2.38. The fourth-order valence-electron chi connectivity index (χ4n) is 3.04. The Hall–Kier alpha value is -1.68. The molecule has 1 aliphatic heterocycles. The highest BCUT2D eigenvalue weighted by atomic mass is 16.6. The molecular formula is C18H19NO2. The normalized spacial score (nSPS) is 18.0. The molecule has 2 aliphatic rings. The van der Waals surface area contributed by atoms with E-state index in [2.05, 4.69) is 42.5 Å². The van der Waals surface area contributed by atoms with E-state index < -0.39 is 0 Å². The summed E-state index contributed by atoms with van der Waals surface area (Å²) in [6.45, 7) is 1.96. The van der Waals surface area contributed by atoms with Crippen molar-refractivity contribution in [2.75, 3.05) is 19.8 Å². The molecule has 1 heterocycles.